The predicted molar refractivity (Wildman–Crippen MR) is 69.9 cm³/mol. The van der Waals surface area contributed by atoms with Crippen molar-refractivity contribution in [3.05, 3.63) is 0 Å². The molecule has 0 aromatic rings. The summed E-state index contributed by atoms with van der Waals surface area (Å²) in [6.07, 6.45) is 4.16. The van der Waals surface area contributed by atoms with Crippen LogP contribution in [0.3, 0.4) is 0 Å². The Morgan fingerprint density at radius 3 is 2.56 bits per heavy atom. The zero-order valence-corrected chi connectivity index (χ0v) is 11.5. The molecule has 0 aliphatic rings. The highest BCUT2D eigenvalue weighted by molar-refractivity contribution is 7.81. The van der Waals surface area contributed by atoms with Crippen LogP contribution in [0.4, 0.5) is 0 Å². The monoisotopic (exact) mass is 247 g/mol. The Morgan fingerprint density at radius 1 is 1.44 bits per heavy atom. The molecular weight excluding hydrogens is 222 g/mol. The summed E-state index contributed by atoms with van der Waals surface area (Å²) in [5.41, 5.74) is 0. The molecule has 16 heavy (non-hydrogen) atoms. The molecule has 0 heterocycles. The fraction of sp³-hybridized carbons (Fsp3) is 0.917. The zero-order valence-electron chi connectivity index (χ0n) is 10.6. The minimum absolute atomic E-state index is 0.0544. The van der Waals surface area contributed by atoms with Crippen LogP contribution in [0.5, 0.6) is 0 Å². The number of hydrogen-bond donors (Lipinski definition) is 2. The van der Waals surface area contributed by atoms with Crippen molar-refractivity contribution >= 4 is 18.5 Å². The van der Waals surface area contributed by atoms with Crippen molar-refractivity contribution in [2.75, 3.05) is 6.54 Å². The lowest BCUT2D eigenvalue weighted by Crippen LogP contribution is -2.30. The van der Waals surface area contributed by atoms with Gasteiger partial charge < -0.3 is 0 Å². The molecule has 1 amide bonds. The van der Waals surface area contributed by atoms with Crippen molar-refractivity contribution < 1.29 is 10.0 Å². The number of hydrogen-bond acceptors (Lipinski definition) is 3. The molecule has 0 spiro atoms. The first-order valence-corrected chi connectivity index (χ1v) is 6.70. The van der Waals surface area contributed by atoms with Gasteiger partial charge in [-0.2, -0.15) is 12.6 Å². The van der Waals surface area contributed by atoms with E-state index in [4.69, 9.17) is 0 Å². The van der Waals surface area contributed by atoms with E-state index < -0.39 is 0 Å². The highest BCUT2D eigenvalue weighted by Crippen LogP contribution is 2.17. The van der Waals surface area contributed by atoms with Crippen molar-refractivity contribution in [3.63, 3.8) is 0 Å². The lowest BCUT2D eigenvalue weighted by molar-refractivity contribution is -0.165. The summed E-state index contributed by atoms with van der Waals surface area (Å²) in [5.74, 6) is 0.370. The molecule has 0 bridgehead atoms. The molecule has 3 nitrogen and oxygen atoms in total. The molecule has 0 saturated heterocycles. The Balaban J connectivity index is 3.84. The minimum atomic E-state index is -0.211. The Hall–Kier alpha value is -0.220. The van der Waals surface area contributed by atoms with Crippen LogP contribution in [0.15, 0.2) is 0 Å². The van der Waals surface area contributed by atoms with Crippen molar-refractivity contribution in [2.24, 2.45) is 5.92 Å². The van der Waals surface area contributed by atoms with Gasteiger partial charge in [-0.05, 0) is 18.8 Å². The Labute approximate surface area is 105 Å². The van der Waals surface area contributed by atoms with Gasteiger partial charge in [0, 0.05) is 18.2 Å². The maximum Gasteiger partial charge on any atom is 0.247 e. The number of unbranched alkanes of at least 4 members (excludes halogenated alkanes) is 1. The number of carbonyl (C=O) groups is 1. The molecule has 0 aromatic carbocycles. The summed E-state index contributed by atoms with van der Waals surface area (Å²) in [6, 6.07) is 0. The van der Waals surface area contributed by atoms with Gasteiger partial charge in [-0.25, -0.2) is 5.06 Å². The van der Waals surface area contributed by atoms with E-state index in [1.165, 1.54) is 0 Å². The molecule has 0 fully saturated rings. The van der Waals surface area contributed by atoms with Crippen LogP contribution in [-0.2, 0) is 4.79 Å². The molecule has 96 valence electrons. The molecule has 4 heteroatoms. The summed E-state index contributed by atoms with van der Waals surface area (Å²) in [6.45, 7) is 6.75. The number of carbonyl (C=O) groups excluding carboxylic acids is 1. The lowest BCUT2D eigenvalue weighted by atomic mass is 10.0. The quantitative estimate of drug-likeness (QED) is 0.393. The smallest absolute Gasteiger partial charge is 0.247 e. The van der Waals surface area contributed by atoms with E-state index in [1.807, 2.05) is 6.92 Å². The fourth-order valence-corrected chi connectivity index (χ4v) is 1.97. The standard InChI is InChI=1S/C12H25NO2S/c1-4-6-7-13(15)12(14)9-11(16)8-10(3)5-2/h10-11,15-16H,4-9H2,1-3H3. The normalized spacial score (nSPS) is 14.6. The summed E-state index contributed by atoms with van der Waals surface area (Å²) in [7, 11) is 0. The second-order valence-corrected chi connectivity index (χ2v) is 5.21. The van der Waals surface area contributed by atoms with Crippen LogP contribution in [0.2, 0.25) is 0 Å². The highest BCUT2D eigenvalue weighted by atomic mass is 32.1. The van der Waals surface area contributed by atoms with Crippen molar-refractivity contribution in [3.8, 4) is 0 Å². The van der Waals surface area contributed by atoms with Crippen LogP contribution in [0, 0.1) is 5.92 Å². The van der Waals surface area contributed by atoms with E-state index in [0.717, 1.165) is 30.7 Å². The number of nitrogens with zero attached hydrogens (tertiary/aromatic N) is 1. The topological polar surface area (TPSA) is 40.5 Å². The van der Waals surface area contributed by atoms with E-state index in [0.29, 0.717) is 18.9 Å². The second-order valence-electron chi connectivity index (χ2n) is 4.48. The summed E-state index contributed by atoms with van der Waals surface area (Å²) >= 11 is 4.39. The summed E-state index contributed by atoms with van der Waals surface area (Å²) in [5, 5.41) is 10.3. The molecule has 1 N–H and O–H groups in total. The first kappa shape index (κ1) is 15.8. The van der Waals surface area contributed by atoms with Crippen LogP contribution in [0.25, 0.3) is 0 Å². The maximum absolute atomic E-state index is 11.6. The van der Waals surface area contributed by atoms with Gasteiger partial charge in [0.15, 0.2) is 0 Å². The van der Waals surface area contributed by atoms with E-state index in [-0.39, 0.29) is 11.2 Å². The first-order chi connectivity index (χ1) is 7.51. The number of amides is 1. The van der Waals surface area contributed by atoms with Crippen LogP contribution in [0.1, 0.15) is 52.9 Å². The third-order valence-corrected chi connectivity index (χ3v) is 3.19. The van der Waals surface area contributed by atoms with Gasteiger partial charge in [0.05, 0.1) is 0 Å². The Kier molecular flexibility index (Phi) is 8.76. The van der Waals surface area contributed by atoms with Gasteiger partial charge in [0.2, 0.25) is 5.91 Å². The zero-order chi connectivity index (χ0) is 12.6. The van der Waals surface area contributed by atoms with E-state index >= 15 is 0 Å². The number of hydroxylamine groups is 2. The Morgan fingerprint density at radius 2 is 2.06 bits per heavy atom. The molecule has 2 atom stereocenters. The summed E-state index contributed by atoms with van der Waals surface area (Å²) < 4.78 is 0. The third kappa shape index (κ3) is 7.12. The van der Waals surface area contributed by atoms with E-state index in [1.54, 1.807) is 0 Å². The maximum atomic E-state index is 11.6. The van der Waals surface area contributed by atoms with Crippen LogP contribution < -0.4 is 0 Å². The molecule has 2 unspecified atom stereocenters. The van der Waals surface area contributed by atoms with Gasteiger partial charge in [-0.15, -0.1) is 0 Å². The average molecular weight is 247 g/mol. The SMILES string of the molecule is CCCCN(O)C(=O)CC(S)CC(C)CC. The van der Waals surface area contributed by atoms with E-state index in [2.05, 4.69) is 26.5 Å². The lowest BCUT2D eigenvalue weighted by Gasteiger charge is -2.18. The molecule has 0 saturated carbocycles. The van der Waals surface area contributed by atoms with Crippen molar-refractivity contribution in [1.29, 1.82) is 0 Å². The molecule has 0 aromatic heterocycles. The molecular formula is C12H25NO2S. The molecule has 0 aliphatic carbocycles. The van der Waals surface area contributed by atoms with Gasteiger partial charge >= 0.3 is 0 Å². The first-order valence-electron chi connectivity index (χ1n) is 6.18. The number of rotatable bonds is 8. The number of thiol groups is 1. The second kappa shape index (κ2) is 8.88. The fourth-order valence-electron chi connectivity index (χ4n) is 1.45. The third-order valence-electron chi connectivity index (χ3n) is 2.79. The van der Waals surface area contributed by atoms with E-state index in [9.17, 15) is 10.0 Å². The van der Waals surface area contributed by atoms with Crippen molar-refractivity contribution in [2.45, 2.75) is 58.1 Å². The predicted octanol–water partition coefficient (Wildman–Crippen LogP) is 3.13. The molecule has 0 radical (unpaired) electrons. The highest BCUT2D eigenvalue weighted by Gasteiger charge is 2.16. The average Bonchev–Trinajstić information content (AvgIpc) is 2.25. The van der Waals surface area contributed by atoms with Crippen LogP contribution >= 0.6 is 12.6 Å². The Bertz CT molecular complexity index is 199. The van der Waals surface area contributed by atoms with Crippen molar-refractivity contribution in [1.82, 2.24) is 5.06 Å². The largest absolute Gasteiger partial charge is 0.286 e. The summed E-state index contributed by atoms with van der Waals surface area (Å²) in [4.78, 5) is 11.6. The van der Waals surface area contributed by atoms with Crippen LogP contribution in [-0.4, -0.2) is 28.0 Å². The minimum Gasteiger partial charge on any atom is -0.286 e. The molecule has 0 aliphatic heterocycles. The van der Waals surface area contributed by atoms with Gasteiger partial charge in [-0.3, -0.25) is 10.0 Å². The molecule has 0 rings (SSSR count). The van der Waals surface area contributed by atoms with Gasteiger partial charge in [0.1, 0.15) is 0 Å². The van der Waals surface area contributed by atoms with Gasteiger partial charge in [0.25, 0.3) is 0 Å². The van der Waals surface area contributed by atoms with Gasteiger partial charge in [-0.1, -0.05) is 33.6 Å².